The van der Waals surface area contributed by atoms with Crippen LogP contribution in [0.2, 0.25) is 0 Å². The molecule has 174 valence electrons. The van der Waals surface area contributed by atoms with Crippen LogP contribution in [0.25, 0.3) is 0 Å². The first kappa shape index (κ1) is 26.8. The van der Waals surface area contributed by atoms with Crippen molar-refractivity contribution in [2.24, 2.45) is 5.92 Å². The predicted octanol–water partition coefficient (Wildman–Crippen LogP) is 3.27. The number of carbonyl (C=O) groups is 3. The quantitative estimate of drug-likeness (QED) is 0.393. The smallest absolute Gasteiger partial charge is 0.328 e. The monoisotopic (exact) mass is 444 g/mol. The third-order valence-corrected chi connectivity index (χ3v) is 6.52. The summed E-state index contributed by atoms with van der Waals surface area (Å²) in [6.45, 7) is 2.51. The molecule has 0 heterocycles. The first-order valence-corrected chi connectivity index (χ1v) is 11.9. The van der Waals surface area contributed by atoms with Crippen LogP contribution in [0.4, 0.5) is 0 Å². The Labute approximate surface area is 186 Å². The van der Waals surface area contributed by atoms with Gasteiger partial charge in [-0.15, -0.1) is 0 Å². The molecule has 0 saturated heterocycles. The fourth-order valence-electron chi connectivity index (χ4n) is 4.08. The average molecular weight is 445 g/mol. The number of nitrogens with one attached hydrogen (secondary N) is 1. The van der Waals surface area contributed by atoms with Crippen LogP contribution in [0, 0.1) is 5.92 Å². The number of carbonyl (C=O) groups excluding carboxylic acids is 2. The van der Waals surface area contributed by atoms with Crippen molar-refractivity contribution in [1.29, 1.82) is 0 Å². The van der Waals surface area contributed by atoms with E-state index in [1.807, 2.05) is 0 Å². The lowest BCUT2D eigenvalue weighted by Gasteiger charge is -2.30. The Kier molecular flexibility index (Phi) is 13.1. The normalized spacial score (nSPS) is 19.7. The van der Waals surface area contributed by atoms with Crippen molar-refractivity contribution in [2.45, 2.75) is 96.2 Å². The maximum Gasteiger partial charge on any atom is 0.328 e. The van der Waals surface area contributed by atoms with E-state index in [1.54, 1.807) is 6.92 Å². The van der Waals surface area contributed by atoms with Crippen molar-refractivity contribution < 1.29 is 24.2 Å². The predicted molar refractivity (Wildman–Crippen MR) is 121 cm³/mol. The fourth-order valence-corrected chi connectivity index (χ4v) is 4.24. The van der Waals surface area contributed by atoms with E-state index < -0.39 is 36.4 Å². The summed E-state index contributed by atoms with van der Waals surface area (Å²) in [6, 6.07) is 0.819. The molecule has 7 nitrogen and oxygen atoms in total. The molecule has 0 spiro atoms. The third-order valence-electron chi connectivity index (χ3n) is 5.98. The molecular formula is C22H40N2O5S. The fraction of sp³-hybridized carbons (Fsp3) is 0.864. The number of aliphatic carboxylic acids is 1. The van der Waals surface area contributed by atoms with Crippen molar-refractivity contribution in [3.8, 4) is 0 Å². The number of nitrogens with zero attached hydrogens (tertiary/aromatic N) is 1. The Morgan fingerprint density at radius 3 is 1.83 bits per heavy atom. The van der Waals surface area contributed by atoms with E-state index in [9.17, 15) is 14.4 Å². The number of thiol groups is 1. The van der Waals surface area contributed by atoms with Crippen molar-refractivity contribution in [1.82, 2.24) is 10.2 Å². The van der Waals surface area contributed by atoms with E-state index in [2.05, 4.69) is 22.7 Å². The van der Waals surface area contributed by atoms with Crippen LogP contribution in [0.15, 0.2) is 0 Å². The Bertz CT molecular complexity index is 518. The second kappa shape index (κ2) is 14.7. The molecule has 1 amide bonds. The first-order chi connectivity index (χ1) is 14.3. The average Bonchev–Trinajstić information content (AvgIpc) is 2.77. The number of rotatable bonds is 8. The minimum Gasteiger partial charge on any atom is -0.480 e. The van der Waals surface area contributed by atoms with Gasteiger partial charge in [0, 0.05) is 23.8 Å². The second-order valence-corrected chi connectivity index (χ2v) is 8.84. The summed E-state index contributed by atoms with van der Waals surface area (Å²) in [6.07, 6.45) is 14.6. The SMILES string of the molecule is C1CCC(NC2CCCCC2)CC1.COC(=O)[C@@H](C)N(CC(=O)O)C(=O)[C@H](C)CS. The highest BCUT2D eigenvalue weighted by Gasteiger charge is 2.30. The van der Waals surface area contributed by atoms with Gasteiger partial charge in [0.25, 0.3) is 0 Å². The second-order valence-electron chi connectivity index (χ2n) is 8.48. The van der Waals surface area contributed by atoms with Gasteiger partial charge >= 0.3 is 11.9 Å². The molecule has 2 saturated carbocycles. The maximum atomic E-state index is 11.9. The van der Waals surface area contributed by atoms with E-state index in [1.165, 1.54) is 78.2 Å². The minimum absolute atomic E-state index is 0.281. The summed E-state index contributed by atoms with van der Waals surface area (Å²) in [7, 11) is 1.18. The maximum absolute atomic E-state index is 11.9. The van der Waals surface area contributed by atoms with Crippen molar-refractivity contribution >= 4 is 30.5 Å². The van der Waals surface area contributed by atoms with Gasteiger partial charge in [-0.3, -0.25) is 9.59 Å². The molecule has 30 heavy (non-hydrogen) atoms. The number of hydrogen-bond donors (Lipinski definition) is 3. The minimum atomic E-state index is -1.18. The number of ether oxygens (including phenoxy) is 1. The molecule has 2 aliphatic carbocycles. The van der Waals surface area contributed by atoms with Gasteiger partial charge in [-0.25, -0.2) is 4.79 Å². The summed E-state index contributed by atoms with van der Waals surface area (Å²) < 4.78 is 4.49. The summed E-state index contributed by atoms with van der Waals surface area (Å²) >= 11 is 3.97. The van der Waals surface area contributed by atoms with Gasteiger partial charge in [-0.1, -0.05) is 45.4 Å². The van der Waals surface area contributed by atoms with Crippen molar-refractivity contribution in [3.63, 3.8) is 0 Å². The van der Waals surface area contributed by atoms with Crippen LogP contribution < -0.4 is 5.32 Å². The van der Waals surface area contributed by atoms with Gasteiger partial charge in [0.15, 0.2) is 0 Å². The van der Waals surface area contributed by atoms with Gasteiger partial charge in [0.05, 0.1) is 7.11 Å². The third kappa shape index (κ3) is 9.69. The summed E-state index contributed by atoms with van der Waals surface area (Å²) in [5.74, 6) is -2.43. The van der Waals surface area contributed by atoms with E-state index in [4.69, 9.17) is 5.11 Å². The molecule has 2 rings (SSSR count). The summed E-state index contributed by atoms with van der Waals surface area (Å²) in [4.78, 5) is 34.9. The number of methoxy groups -OCH3 is 1. The molecule has 2 N–H and O–H groups in total. The van der Waals surface area contributed by atoms with Gasteiger partial charge in [-0.2, -0.15) is 12.6 Å². The van der Waals surface area contributed by atoms with E-state index in [0.29, 0.717) is 0 Å². The molecule has 0 aliphatic heterocycles. The van der Waals surface area contributed by atoms with Crippen LogP contribution in [0.1, 0.15) is 78.1 Å². The van der Waals surface area contributed by atoms with E-state index >= 15 is 0 Å². The Balaban J connectivity index is 0.000000308. The molecule has 0 aromatic heterocycles. The first-order valence-electron chi connectivity index (χ1n) is 11.3. The van der Waals surface area contributed by atoms with Gasteiger partial charge < -0.3 is 20.1 Å². The number of carboxylic acids is 1. The zero-order chi connectivity index (χ0) is 22.5. The van der Waals surface area contributed by atoms with Crippen LogP contribution in [-0.4, -0.2) is 65.4 Å². The largest absolute Gasteiger partial charge is 0.480 e. The number of amides is 1. The highest BCUT2D eigenvalue weighted by atomic mass is 32.1. The Morgan fingerprint density at radius 2 is 1.47 bits per heavy atom. The highest BCUT2D eigenvalue weighted by molar-refractivity contribution is 7.80. The van der Waals surface area contributed by atoms with Crippen LogP contribution in [0.5, 0.6) is 0 Å². The zero-order valence-electron chi connectivity index (χ0n) is 18.8. The molecule has 2 atom stereocenters. The number of carboxylic acid groups (broad SMARTS) is 1. The lowest BCUT2D eigenvalue weighted by Crippen LogP contribution is -2.48. The van der Waals surface area contributed by atoms with Gasteiger partial charge in [0.2, 0.25) is 5.91 Å². The van der Waals surface area contributed by atoms with Crippen molar-refractivity contribution in [2.75, 3.05) is 19.4 Å². The summed E-state index contributed by atoms with van der Waals surface area (Å²) in [5, 5.41) is 12.6. The molecular weight excluding hydrogens is 404 g/mol. The van der Waals surface area contributed by atoms with Gasteiger partial charge in [-0.05, 0) is 32.6 Å². The van der Waals surface area contributed by atoms with E-state index in [-0.39, 0.29) is 5.75 Å². The molecule has 2 aliphatic rings. The molecule has 0 radical (unpaired) electrons. The van der Waals surface area contributed by atoms with Crippen LogP contribution >= 0.6 is 12.6 Å². The Morgan fingerprint density at radius 1 is 1.00 bits per heavy atom. The molecule has 0 aromatic rings. The lowest BCUT2D eigenvalue weighted by molar-refractivity contribution is -0.156. The topological polar surface area (TPSA) is 95.9 Å². The number of hydrogen-bond acceptors (Lipinski definition) is 6. The highest BCUT2D eigenvalue weighted by Crippen LogP contribution is 2.22. The lowest BCUT2D eigenvalue weighted by atomic mass is 9.91. The molecule has 0 bridgehead atoms. The van der Waals surface area contributed by atoms with Crippen LogP contribution in [0.3, 0.4) is 0 Å². The Hall–Kier alpha value is -1.28. The zero-order valence-corrected chi connectivity index (χ0v) is 19.7. The van der Waals surface area contributed by atoms with Gasteiger partial charge in [0.1, 0.15) is 12.6 Å². The summed E-state index contributed by atoms with van der Waals surface area (Å²) in [5.41, 5.74) is 0. The molecule has 0 aromatic carbocycles. The molecule has 0 unspecified atom stereocenters. The molecule has 8 heteroatoms. The van der Waals surface area contributed by atoms with E-state index in [0.717, 1.165) is 17.0 Å². The standard InChI is InChI=1S/C12H23N.C10H17NO5S/c1-3-7-11(8-4-1)13-12-9-5-2-6-10-12;1-6(5-17)9(14)11(4-8(12)13)7(2)10(15)16-3/h11-13H,1-10H2;6-7,17H,4-5H2,1-3H3,(H,12,13)/t;6-,7-/m.1/s1. The van der Waals surface area contributed by atoms with Crippen LogP contribution in [-0.2, 0) is 19.1 Å². The molecule has 2 fully saturated rings. The number of esters is 1. The van der Waals surface area contributed by atoms with Crippen molar-refractivity contribution in [3.05, 3.63) is 0 Å².